The summed E-state index contributed by atoms with van der Waals surface area (Å²) in [4.78, 5) is 5.14. The number of rotatable bonds is 5. The molecule has 0 spiro atoms. The van der Waals surface area contributed by atoms with Gasteiger partial charge < -0.3 is 5.73 Å². The Hall–Kier alpha value is -6.25. The molecule has 49 heavy (non-hydrogen) atoms. The first kappa shape index (κ1) is 27.8. The van der Waals surface area contributed by atoms with Gasteiger partial charge in [0, 0.05) is 5.56 Å². The molecule has 2 nitrogen and oxygen atoms in total. The molecule has 0 aliphatic heterocycles. The Morgan fingerprint density at radius 1 is 0.551 bits per heavy atom. The van der Waals surface area contributed by atoms with Crippen molar-refractivity contribution in [2.75, 3.05) is 0 Å². The van der Waals surface area contributed by atoms with E-state index in [2.05, 4.69) is 152 Å². The van der Waals surface area contributed by atoms with E-state index in [1.807, 2.05) is 6.07 Å². The SMILES string of the molecule is N/C(=N\C(=C/Cc1ccc2c(c1)-c1cc3c(c4cccc-2c14)-c1ccccc1C3)c1ccccc1)c1cc2ccccc2c2ccccc12. The molecule has 10 rings (SSSR count). The molecule has 2 N–H and O–H groups in total. The van der Waals surface area contributed by atoms with Crippen LogP contribution < -0.4 is 5.73 Å². The van der Waals surface area contributed by atoms with Crippen LogP contribution in [0.25, 0.3) is 71.4 Å². The summed E-state index contributed by atoms with van der Waals surface area (Å²) in [5, 5.41) is 7.41. The van der Waals surface area contributed by atoms with E-state index in [1.165, 1.54) is 71.6 Å². The van der Waals surface area contributed by atoms with Crippen LogP contribution in [0.5, 0.6) is 0 Å². The van der Waals surface area contributed by atoms with Gasteiger partial charge in [-0.1, -0.05) is 146 Å². The van der Waals surface area contributed by atoms with Crippen molar-refractivity contribution in [2.24, 2.45) is 10.7 Å². The highest BCUT2D eigenvalue weighted by molar-refractivity contribution is 6.20. The number of benzene rings is 8. The molecule has 0 aromatic heterocycles. The molecule has 2 aliphatic carbocycles. The van der Waals surface area contributed by atoms with Gasteiger partial charge in [0.15, 0.2) is 0 Å². The highest BCUT2D eigenvalue weighted by Crippen LogP contribution is 2.53. The molecule has 8 aromatic carbocycles. The third-order valence-corrected chi connectivity index (χ3v) is 10.5. The third-order valence-electron chi connectivity index (χ3n) is 10.5. The van der Waals surface area contributed by atoms with E-state index in [0.717, 1.165) is 40.4 Å². The van der Waals surface area contributed by atoms with Crippen LogP contribution >= 0.6 is 0 Å². The summed E-state index contributed by atoms with van der Waals surface area (Å²) < 4.78 is 0. The monoisotopic (exact) mass is 624 g/mol. The molecule has 8 aromatic rings. The normalized spacial score (nSPS) is 13.2. The van der Waals surface area contributed by atoms with E-state index < -0.39 is 0 Å². The second kappa shape index (κ2) is 10.9. The first-order valence-electron chi connectivity index (χ1n) is 17.0. The van der Waals surface area contributed by atoms with Crippen molar-refractivity contribution in [3.05, 3.63) is 186 Å². The molecular weight excluding hydrogens is 593 g/mol. The van der Waals surface area contributed by atoms with Crippen molar-refractivity contribution in [3.63, 3.8) is 0 Å². The van der Waals surface area contributed by atoms with Crippen molar-refractivity contribution in [1.82, 2.24) is 0 Å². The van der Waals surface area contributed by atoms with Gasteiger partial charge >= 0.3 is 0 Å². The van der Waals surface area contributed by atoms with Gasteiger partial charge in [-0.25, -0.2) is 4.99 Å². The molecule has 2 aliphatic rings. The molecule has 0 fully saturated rings. The summed E-state index contributed by atoms with van der Waals surface area (Å²) in [5.74, 6) is 0.517. The molecule has 0 heterocycles. The first-order chi connectivity index (χ1) is 24.2. The largest absolute Gasteiger partial charge is 0.383 e. The molecule has 0 bridgehead atoms. The van der Waals surface area contributed by atoms with Crippen LogP contribution in [-0.4, -0.2) is 5.84 Å². The van der Waals surface area contributed by atoms with E-state index in [-0.39, 0.29) is 0 Å². The van der Waals surface area contributed by atoms with Gasteiger partial charge in [0.05, 0.1) is 5.70 Å². The van der Waals surface area contributed by atoms with Crippen LogP contribution in [-0.2, 0) is 12.8 Å². The lowest BCUT2D eigenvalue weighted by molar-refractivity contribution is 1.26. The molecule has 0 saturated carbocycles. The fourth-order valence-electron chi connectivity index (χ4n) is 8.24. The van der Waals surface area contributed by atoms with Crippen LogP contribution in [0.2, 0.25) is 0 Å². The van der Waals surface area contributed by atoms with Crippen molar-refractivity contribution in [1.29, 1.82) is 0 Å². The van der Waals surface area contributed by atoms with Crippen LogP contribution in [0, 0.1) is 0 Å². The Labute approximate surface area is 285 Å². The van der Waals surface area contributed by atoms with Gasteiger partial charge in [0.25, 0.3) is 0 Å². The van der Waals surface area contributed by atoms with Gasteiger partial charge in [0.2, 0.25) is 0 Å². The third kappa shape index (κ3) is 4.38. The van der Waals surface area contributed by atoms with Crippen molar-refractivity contribution < 1.29 is 0 Å². The minimum Gasteiger partial charge on any atom is -0.383 e. The molecule has 2 heteroatoms. The summed E-state index contributed by atoms with van der Waals surface area (Å²) >= 11 is 0. The quantitative estimate of drug-likeness (QED) is 0.115. The number of nitrogens with zero attached hydrogens (tertiary/aromatic N) is 1. The maximum Gasteiger partial charge on any atom is 0.132 e. The number of aliphatic imine (C=N–C) groups is 1. The maximum atomic E-state index is 6.91. The number of amidine groups is 1. The Kier molecular flexibility index (Phi) is 6.19. The summed E-state index contributed by atoms with van der Waals surface area (Å²) in [6.45, 7) is 0. The number of fused-ring (bicyclic) bond motifs is 10. The van der Waals surface area contributed by atoms with Crippen molar-refractivity contribution in [3.8, 4) is 33.4 Å². The topological polar surface area (TPSA) is 38.4 Å². The zero-order valence-corrected chi connectivity index (χ0v) is 26.9. The second-order valence-electron chi connectivity index (χ2n) is 13.2. The number of allylic oxidation sites excluding steroid dienone is 1. The molecule has 0 saturated heterocycles. The zero-order valence-electron chi connectivity index (χ0n) is 26.9. The average Bonchev–Trinajstić information content (AvgIpc) is 3.69. The van der Waals surface area contributed by atoms with Gasteiger partial charge in [-0.2, -0.15) is 0 Å². The Morgan fingerprint density at radius 2 is 1.29 bits per heavy atom. The van der Waals surface area contributed by atoms with Crippen LogP contribution in [0.1, 0.15) is 27.8 Å². The van der Waals surface area contributed by atoms with E-state index in [9.17, 15) is 0 Å². The Bertz CT molecular complexity index is 2710. The molecule has 0 radical (unpaired) electrons. The summed E-state index contributed by atoms with van der Waals surface area (Å²) in [5.41, 5.74) is 22.0. The van der Waals surface area contributed by atoms with Gasteiger partial charge in [-0.3, -0.25) is 0 Å². The van der Waals surface area contributed by atoms with Crippen LogP contribution in [0.4, 0.5) is 0 Å². The van der Waals surface area contributed by atoms with Crippen LogP contribution in [0.3, 0.4) is 0 Å². The first-order valence-corrected chi connectivity index (χ1v) is 17.0. The smallest absolute Gasteiger partial charge is 0.132 e. The molecule has 0 unspecified atom stereocenters. The minimum atomic E-state index is 0.517. The van der Waals surface area contributed by atoms with E-state index >= 15 is 0 Å². The van der Waals surface area contributed by atoms with E-state index in [4.69, 9.17) is 10.7 Å². The summed E-state index contributed by atoms with van der Waals surface area (Å²) in [7, 11) is 0. The lowest BCUT2D eigenvalue weighted by Crippen LogP contribution is -2.14. The lowest BCUT2D eigenvalue weighted by Gasteiger charge is -2.12. The summed E-state index contributed by atoms with van der Waals surface area (Å²) in [6, 6.07) is 54.6. The standard InChI is InChI=1S/C47H32N2/c48-47(43-27-32-14-4-6-15-34(32)36-17-8-9-18-37(36)43)49-44(30-11-2-1-3-12-30)24-22-29-21-23-38-39-19-10-20-40-45-33(26-31-13-5-7-16-35(31)45)28-42(46(39)40)41(38)25-29/h1-21,23-25,27-28H,22,26H2,(H2,48,49)/b44-24-. The van der Waals surface area contributed by atoms with Crippen LogP contribution in [0.15, 0.2) is 163 Å². The molecule has 0 atom stereocenters. The fourth-order valence-corrected chi connectivity index (χ4v) is 8.24. The summed E-state index contributed by atoms with van der Waals surface area (Å²) in [6.07, 6.45) is 3.95. The van der Waals surface area contributed by atoms with E-state index in [1.54, 1.807) is 0 Å². The van der Waals surface area contributed by atoms with E-state index in [0.29, 0.717) is 5.84 Å². The van der Waals surface area contributed by atoms with Crippen molar-refractivity contribution in [2.45, 2.75) is 12.8 Å². The number of hydrogen-bond acceptors (Lipinski definition) is 1. The Morgan fingerprint density at radius 3 is 2.18 bits per heavy atom. The number of hydrogen-bond donors (Lipinski definition) is 1. The van der Waals surface area contributed by atoms with Gasteiger partial charge in [0.1, 0.15) is 5.84 Å². The Balaban J connectivity index is 1.06. The number of nitrogens with two attached hydrogens (primary N) is 1. The highest BCUT2D eigenvalue weighted by atomic mass is 14.9. The zero-order chi connectivity index (χ0) is 32.5. The highest BCUT2D eigenvalue weighted by Gasteiger charge is 2.28. The average molecular weight is 625 g/mol. The molecule has 230 valence electrons. The predicted molar refractivity (Wildman–Crippen MR) is 207 cm³/mol. The maximum absolute atomic E-state index is 6.91. The molecular formula is C47H32N2. The fraction of sp³-hybridized carbons (Fsp3) is 0.0426. The lowest BCUT2D eigenvalue weighted by atomic mass is 9.93. The predicted octanol–water partition coefficient (Wildman–Crippen LogP) is 11.4. The second-order valence-corrected chi connectivity index (χ2v) is 13.2. The minimum absolute atomic E-state index is 0.517. The molecule has 0 amide bonds. The van der Waals surface area contributed by atoms with Crippen molar-refractivity contribution >= 4 is 43.9 Å². The van der Waals surface area contributed by atoms with Gasteiger partial charge in [-0.05, 0) is 113 Å². The van der Waals surface area contributed by atoms with Gasteiger partial charge in [-0.15, -0.1) is 0 Å².